The topological polar surface area (TPSA) is 148 Å². The van der Waals surface area contributed by atoms with Crippen LogP contribution in [0, 0.1) is 0 Å². The van der Waals surface area contributed by atoms with Crippen molar-refractivity contribution in [2.75, 3.05) is 18.5 Å². The molecule has 21 heavy (non-hydrogen) atoms. The first kappa shape index (κ1) is 16.6. The van der Waals surface area contributed by atoms with Gasteiger partial charge in [0.15, 0.2) is 0 Å². The average Bonchev–Trinajstić information content (AvgIpc) is 2.44. The number of aliphatic hydroxyl groups is 1. The van der Waals surface area contributed by atoms with Crippen LogP contribution in [0.3, 0.4) is 0 Å². The minimum absolute atomic E-state index is 0.141. The maximum Gasteiger partial charge on any atom is 0.251 e. The molecule has 0 heterocycles. The van der Waals surface area contributed by atoms with Crippen LogP contribution in [0.5, 0.6) is 0 Å². The Morgan fingerprint density at radius 2 is 1.81 bits per heavy atom. The Morgan fingerprint density at radius 1 is 1.19 bits per heavy atom. The van der Waals surface area contributed by atoms with Crippen LogP contribution < -0.4 is 22.1 Å². The Kier molecular flexibility index (Phi) is 6.31. The Balaban J connectivity index is 2.60. The first-order valence-corrected chi connectivity index (χ1v) is 6.28. The maximum absolute atomic E-state index is 11.7. The number of nitrogens with one attached hydrogen (secondary N) is 2. The van der Waals surface area contributed by atoms with Crippen LogP contribution in [0.2, 0.25) is 0 Å². The minimum atomic E-state index is -1.02. The van der Waals surface area contributed by atoms with E-state index in [4.69, 9.17) is 16.6 Å². The molecule has 0 aliphatic carbocycles. The van der Waals surface area contributed by atoms with Gasteiger partial charge in [-0.3, -0.25) is 14.4 Å². The van der Waals surface area contributed by atoms with E-state index in [1.807, 2.05) is 0 Å². The molecule has 1 aromatic carbocycles. The average molecular weight is 294 g/mol. The Morgan fingerprint density at radius 3 is 2.33 bits per heavy atom. The van der Waals surface area contributed by atoms with Gasteiger partial charge in [0.05, 0.1) is 19.1 Å². The third-order valence-electron chi connectivity index (χ3n) is 2.57. The molecule has 8 nitrogen and oxygen atoms in total. The summed E-state index contributed by atoms with van der Waals surface area (Å²) in [5.41, 5.74) is 11.3. The van der Waals surface area contributed by atoms with Crippen molar-refractivity contribution >= 4 is 23.4 Å². The molecule has 1 unspecified atom stereocenters. The quantitative estimate of drug-likeness (QED) is 0.417. The fourth-order valence-corrected chi connectivity index (χ4v) is 1.52. The number of rotatable bonds is 7. The molecule has 0 aromatic heterocycles. The number of hydrogen-bond acceptors (Lipinski definition) is 5. The second-order valence-electron chi connectivity index (χ2n) is 4.32. The van der Waals surface area contributed by atoms with E-state index in [2.05, 4.69) is 10.6 Å². The van der Waals surface area contributed by atoms with E-state index >= 15 is 0 Å². The van der Waals surface area contributed by atoms with Gasteiger partial charge < -0.3 is 27.2 Å². The first-order chi connectivity index (χ1) is 9.93. The highest BCUT2D eigenvalue weighted by Crippen LogP contribution is 2.10. The predicted octanol–water partition coefficient (Wildman–Crippen LogP) is -1.45. The molecule has 0 aliphatic heterocycles. The van der Waals surface area contributed by atoms with Crippen LogP contribution in [0.1, 0.15) is 16.8 Å². The zero-order valence-electron chi connectivity index (χ0n) is 11.3. The first-order valence-electron chi connectivity index (χ1n) is 6.28. The largest absolute Gasteiger partial charge is 0.395 e. The summed E-state index contributed by atoms with van der Waals surface area (Å²) in [4.78, 5) is 33.9. The summed E-state index contributed by atoms with van der Waals surface area (Å²) in [7, 11) is 0. The van der Waals surface area contributed by atoms with Gasteiger partial charge in [0, 0.05) is 17.8 Å². The molecule has 0 saturated heterocycles. The van der Waals surface area contributed by atoms with Crippen molar-refractivity contribution in [2.24, 2.45) is 11.5 Å². The van der Waals surface area contributed by atoms with Crippen molar-refractivity contribution in [2.45, 2.75) is 12.5 Å². The summed E-state index contributed by atoms with van der Waals surface area (Å²) in [6.07, 6.45) is -0.243. The molecule has 0 saturated carbocycles. The highest BCUT2D eigenvalue weighted by molar-refractivity contribution is 5.98. The fourth-order valence-electron chi connectivity index (χ4n) is 1.52. The molecule has 0 fully saturated rings. The summed E-state index contributed by atoms with van der Waals surface area (Å²) in [5, 5.41) is 13.6. The molecule has 0 aliphatic rings. The molecular formula is C13H18N4O4. The third-order valence-corrected chi connectivity index (χ3v) is 2.57. The fraction of sp³-hybridized carbons (Fsp3) is 0.308. The van der Waals surface area contributed by atoms with E-state index < -0.39 is 17.9 Å². The van der Waals surface area contributed by atoms with Crippen molar-refractivity contribution in [1.29, 1.82) is 0 Å². The number of carbonyl (C=O) groups is 3. The lowest BCUT2D eigenvalue weighted by Gasteiger charge is -2.11. The molecule has 0 radical (unpaired) electrons. The lowest BCUT2D eigenvalue weighted by molar-refractivity contribution is -0.123. The van der Waals surface area contributed by atoms with Crippen LogP contribution in [0.25, 0.3) is 0 Å². The highest BCUT2D eigenvalue weighted by atomic mass is 16.3. The lowest BCUT2D eigenvalue weighted by atomic mass is 10.1. The summed E-state index contributed by atoms with van der Waals surface area (Å²) in [6, 6.07) is 5.07. The van der Waals surface area contributed by atoms with E-state index in [0.717, 1.165) is 0 Å². The molecule has 8 heteroatoms. The number of hydrogen-bond donors (Lipinski definition) is 5. The van der Waals surface area contributed by atoms with Crippen LogP contribution in [0.4, 0.5) is 5.69 Å². The smallest absolute Gasteiger partial charge is 0.251 e. The standard InChI is InChI=1S/C13H18N4O4/c14-10(7-11(15)19)13(21)17-9-3-1-8(2-4-9)12(20)16-5-6-18/h1-4,10,18H,5-7,14H2,(H2,15,19)(H,16,20)(H,17,21). The summed E-state index contributed by atoms with van der Waals surface area (Å²) in [5.74, 6) is -1.52. The monoisotopic (exact) mass is 294 g/mol. The van der Waals surface area contributed by atoms with Gasteiger partial charge in [-0.2, -0.15) is 0 Å². The maximum atomic E-state index is 11.7. The van der Waals surface area contributed by atoms with E-state index in [0.29, 0.717) is 11.3 Å². The molecule has 7 N–H and O–H groups in total. The Hall–Kier alpha value is -2.45. The van der Waals surface area contributed by atoms with Gasteiger partial charge in [0.2, 0.25) is 11.8 Å². The molecule has 114 valence electrons. The van der Waals surface area contributed by atoms with Crippen molar-refractivity contribution in [3.05, 3.63) is 29.8 Å². The predicted molar refractivity (Wildman–Crippen MR) is 76.3 cm³/mol. The van der Waals surface area contributed by atoms with E-state index in [-0.39, 0.29) is 25.5 Å². The zero-order chi connectivity index (χ0) is 15.8. The second kappa shape index (κ2) is 7.98. The number of carbonyl (C=O) groups excluding carboxylic acids is 3. The van der Waals surface area contributed by atoms with Crippen LogP contribution >= 0.6 is 0 Å². The lowest BCUT2D eigenvalue weighted by Crippen LogP contribution is -2.39. The zero-order valence-corrected chi connectivity index (χ0v) is 11.3. The number of benzene rings is 1. The van der Waals surface area contributed by atoms with Gasteiger partial charge in [-0.25, -0.2) is 0 Å². The molecule has 1 atom stereocenters. The molecule has 3 amide bonds. The third kappa shape index (κ3) is 5.59. The van der Waals surface area contributed by atoms with Gasteiger partial charge in [-0.15, -0.1) is 0 Å². The number of nitrogens with two attached hydrogens (primary N) is 2. The summed E-state index contributed by atoms with van der Waals surface area (Å²) >= 11 is 0. The van der Waals surface area contributed by atoms with Crippen molar-refractivity contribution in [3.63, 3.8) is 0 Å². The summed E-state index contributed by atoms with van der Waals surface area (Å²) < 4.78 is 0. The number of aliphatic hydroxyl groups excluding tert-OH is 1. The molecule has 0 spiro atoms. The second-order valence-corrected chi connectivity index (χ2v) is 4.32. The normalized spacial score (nSPS) is 11.5. The summed E-state index contributed by atoms with van der Waals surface area (Å²) in [6.45, 7) is 0.0247. The van der Waals surface area contributed by atoms with E-state index in [9.17, 15) is 14.4 Å². The van der Waals surface area contributed by atoms with E-state index in [1.54, 1.807) is 0 Å². The van der Waals surface area contributed by atoms with E-state index in [1.165, 1.54) is 24.3 Å². The molecular weight excluding hydrogens is 276 g/mol. The molecule has 1 rings (SSSR count). The van der Waals surface area contributed by atoms with Gasteiger partial charge >= 0.3 is 0 Å². The number of anilines is 1. The number of primary amides is 1. The van der Waals surface area contributed by atoms with Crippen molar-refractivity contribution in [3.8, 4) is 0 Å². The molecule has 1 aromatic rings. The minimum Gasteiger partial charge on any atom is -0.395 e. The SMILES string of the molecule is NC(=O)CC(N)C(=O)Nc1ccc(C(=O)NCCO)cc1. The Labute approximate surface area is 121 Å². The molecule has 0 bridgehead atoms. The highest BCUT2D eigenvalue weighted by Gasteiger charge is 2.16. The van der Waals surface area contributed by atoms with Gasteiger partial charge in [0.1, 0.15) is 0 Å². The van der Waals surface area contributed by atoms with Gasteiger partial charge in [-0.05, 0) is 24.3 Å². The van der Waals surface area contributed by atoms with Gasteiger partial charge in [-0.1, -0.05) is 0 Å². The van der Waals surface area contributed by atoms with Crippen LogP contribution in [-0.4, -0.2) is 42.0 Å². The number of amides is 3. The van der Waals surface area contributed by atoms with Crippen molar-refractivity contribution in [1.82, 2.24) is 5.32 Å². The Bertz CT molecular complexity index is 515. The van der Waals surface area contributed by atoms with Crippen LogP contribution in [0.15, 0.2) is 24.3 Å². The van der Waals surface area contributed by atoms with Gasteiger partial charge in [0.25, 0.3) is 5.91 Å². The van der Waals surface area contributed by atoms with Crippen LogP contribution in [-0.2, 0) is 9.59 Å². The van der Waals surface area contributed by atoms with Crippen molar-refractivity contribution < 1.29 is 19.5 Å².